The highest BCUT2D eigenvalue weighted by atomic mass is 32.2. The second-order valence-corrected chi connectivity index (χ2v) is 7.76. The van der Waals surface area contributed by atoms with Gasteiger partial charge in [0.25, 0.3) is 0 Å². The third kappa shape index (κ3) is 6.37. The van der Waals surface area contributed by atoms with Crippen molar-refractivity contribution >= 4 is 23.6 Å². The Hall–Kier alpha value is -2.34. The highest BCUT2D eigenvalue weighted by molar-refractivity contribution is 7.99. The highest BCUT2D eigenvalue weighted by Crippen LogP contribution is 2.20. The summed E-state index contributed by atoms with van der Waals surface area (Å²) in [4.78, 5) is 27.7. The number of benzene rings is 2. The van der Waals surface area contributed by atoms with Crippen LogP contribution in [-0.4, -0.2) is 35.1 Å². The van der Waals surface area contributed by atoms with E-state index in [1.807, 2.05) is 38.1 Å². The van der Waals surface area contributed by atoms with Crippen molar-refractivity contribution in [3.05, 3.63) is 65.5 Å². The molecular weight excluding hydrogens is 375 g/mol. The maximum absolute atomic E-state index is 14.1. The number of thioether (sulfide) groups is 1. The van der Waals surface area contributed by atoms with Crippen LogP contribution in [0.1, 0.15) is 31.4 Å². The van der Waals surface area contributed by atoms with Crippen molar-refractivity contribution < 1.29 is 14.0 Å². The van der Waals surface area contributed by atoms with Gasteiger partial charge in [-0.15, -0.1) is 11.8 Å². The van der Waals surface area contributed by atoms with Crippen molar-refractivity contribution in [1.82, 2.24) is 10.2 Å². The molecule has 0 saturated carbocycles. The Morgan fingerprint density at radius 3 is 2.46 bits per heavy atom. The van der Waals surface area contributed by atoms with E-state index in [1.165, 1.54) is 16.5 Å². The molecule has 2 aromatic rings. The van der Waals surface area contributed by atoms with Gasteiger partial charge in [0.15, 0.2) is 0 Å². The van der Waals surface area contributed by atoms with Crippen molar-refractivity contribution in [2.24, 2.45) is 0 Å². The molecule has 28 heavy (non-hydrogen) atoms. The number of halogens is 1. The van der Waals surface area contributed by atoms with Crippen LogP contribution in [0, 0.1) is 12.7 Å². The molecule has 0 aromatic heterocycles. The fourth-order valence-corrected chi connectivity index (χ4v) is 3.59. The number of likely N-dealkylation sites (N-methyl/N-ethyl adjacent to an activating group) is 1. The summed E-state index contributed by atoms with van der Waals surface area (Å²) >= 11 is 1.59. The monoisotopic (exact) mass is 402 g/mol. The van der Waals surface area contributed by atoms with E-state index in [1.54, 1.807) is 36.9 Å². The Morgan fingerprint density at radius 1 is 1.14 bits per heavy atom. The number of hydrogen-bond acceptors (Lipinski definition) is 3. The molecule has 0 aliphatic carbocycles. The number of aryl methyl sites for hydroxylation is 1. The fraction of sp³-hybridized carbons (Fsp3) is 0.364. The second-order valence-electron chi connectivity index (χ2n) is 6.60. The molecular formula is C22H27FN2O2S. The van der Waals surface area contributed by atoms with Crippen LogP contribution in [0.25, 0.3) is 0 Å². The number of carbonyl (C=O) groups excluding carboxylic acids is 2. The van der Waals surface area contributed by atoms with E-state index >= 15 is 0 Å². The first-order valence-corrected chi connectivity index (χ1v) is 10.4. The molecule has 6 heteroatoms. The predicted molar refractivity (Wildman–Crippen MR) is 112 cm³/mol. The number of hydrogen-bond donors (Lipinski definition) is 1. The quantitative estimate of drug-likeness (QED) is 0.641. The minimum absolute atomic E-state index is 0.0685. The Kier molecular flexibility index (Phi) is 8.51. The molecule has 0 aliphatic rings. The van der Waals surface area contributed by atoms with Gasteiger partial charge >= 0.3 is 0 Å². The Labute approximate surface area is 170 Å². The number of amides is 2. The second kappa shape index (κ2) is 10.9. The summed E-state index contributed by atoms with van der Waals surface area (Å²) < 4.78 is 14.1. The van der Waals surface area contributed by atoms with Crippen LogP contribution in [0.2, 0.25) is 0 Å². The first-order valence-electron chi connectivity index (χ1n) is 9.42. The van der Waals surface area contributed by atoms with E-state index in [0.717, 1.165) is 4.90 Å². The highest BCUT2D eigenvalue weighted by Gasteiger charge is 2.26. The molecule has 1 N–H and O–H groups in total. The molecule has 2 amide bonds. The summed E-state index contributed by atoms with van der Waals surface area (Å²) in [5, 5.41) is 2.74. The topological polar surface area (TPSA) is 49.4 Å². The molecule has 0 spiro atoms. The van der Waals surface area contributed by atoms with Crippen molar-refractivity contribution in [1.29, 1.82) is 0 Å². The van der Waals surface area contributed by atoms with Crippen LogP contribution in [-0.2, 0) is 16.1 Å². The summed E-state index contributed by atoms with van der Waals surface area (Å²) in [5.74, 6) is -0.185. The molecule has 150 valence electrons. The van der Waals surface area contributed by atoms with E-state index in [9.17, 15) is 14.0 Å². The number of nitrogens with zero attached hydrogens (tertiary/aromatic N) is 1. The largest absolute Gasteiger partial charge is 0.355 e. The van der Waals surface area contributed by atoms with Gasteiger partial charge in [0, 0.05) is 35.7 Å². The van der Waals surface area contributed by atoms with Crippen LogP contribution >= 0.6 is 11.8 Å². The summed E-state index contributed by atoms with van der Waals surface area (Å²) in [7, 11) is 0. The zero-order valence-electron chi connectivity index (χ0n) is 16.6. The SMILES string of the molecule is CCNC(=O)[C@H](C)N(Cc1ccccc1F)C(=O)CCSc1ccc(C)cc1. The van der Waals surface area contributed by atoms with Crippen molar-refractivity contribution in [3.8, 4) is 0 Å². The van der Waals surface area contributed by atoms with Crippen LogP contribution < -0.4 is 5.32 Å². The molecule has 0 heterocycles. The van der Waals surface area contributed by atoms with Crippen LogP contribution in [0.4, 0.5) is 4.39 Å². The van der Waals surface area contributed by atoms with Gasteiger partial charge in [0.1, 0.15) is 11.9 Å². The third-order valence-corrected chi connectivity index (χ3v) is 5.44. The lowest BCUT2D eigenvalue weighted by molar-refractivity contribution is -0.140. The summed E-state index contributed by atoms with van der Waals surface area (Å²) in [5.41, 5.74) is 1.59. The minimum atomic E-state index is -0.670. The first-order chi connectivity index (χ1) is 13.4. The summed E-state index contributed by atoms with van der Waals surface area (Å²) in [6.45, 7) is 6.08. The maximum atomic E-state index is 14.1. The fourth-order valence-electron chi connectivity index (χ4n) is 2.75. The van der Waals surface area contributed by atoms with Crippen molar-refractivity contribution in [2.45, 2.75) is 44.7 Å². The smallest absolute Gasteiger partial charge is 0.242 e. The zero-order valence-corrected chi connectivity index (χ0v) is 17.4. The van der Waals surface area contributed by atoms with Gasteiger partial charge in [0.05, 0.1) is 0 Å². The Bertz CT molecular complexity index is 795. The molecule has 1 atom stereocenters. The lowest BCUT2D eigenvalue weighted by Crippen LogP contribution is -2.47. The average molecular weight is 403 g/mol. The summed E-state index contributed by atoms with van der Waals surface area (Å²) in [6, 6.07) is 13.8. The number of nitrogens with one attached hydrogen (secondary N) is 1. The lowest BCUT2D eigenvalue weighted by atomic mass is 10.1. The lowest BCUT2D eigenvalue weighted by Gasteiger charge is -2.29. The molecule has 4 nitrogen and oxygen atoms in total. The maximum Gasteiger partial charge on any atom is 0.242 e. The molecule has 0 fully saturated rings. The van der Waals surface area contributed by atoms with E-state index in [4.69, 9.17) is 0 Å². The van der Waals surface area contributed by atoms with E-state index in [0.29, 0.717) is 17.9 Å². The van der Waals surface area contributed by atoms with Crippen LogP contribution in [0.3, 0.4) is 0 Å². The van der Waals surface area contributed by atoms with Gasteiger partial charge in [-0.05, 0) is 39.0 Å². The molecule has 0 radical (unpaired) electrons. The van der Waals surface area contributed by atoms with Gasteiger partial charge in [-0.3, -0.25) is 9.59 Å². The van der Waals surface area contributed by atoms with E-state index in [-0.39, 0.29) is 30.6 Å². The van der Waals surface area contributed by atoms with Gasteiger partial charge in [-0.1, -0.05) is 35.9 Å². The number of carbonyl (C=O) groups is 2. The standard InChI is InChI=1S/C22H27FN2O2S/c1-4-24-22(27)17(3)25(15-18-7-5-6-8-20(18)23)21(26)13-14-28-19-11-9-16(2)10-12-19/h5-12,17H,4,13-15H2,1-3H3,(H,24,27)/t17-/m0/s1. The molecule has 2 aromatic carbocycles. The predicted octanol–water partition coefficient (Wildman–Crippen LogP) is 4.17. The molecule has 2 rings (SSSR count). The van der Waals surface area contributed by atoms with Crippen molar-refractivity contribution in [2.75, 3.05) is 12.3 Å². The van der Waals surface area contributed by atoms with Gasteiger partial charge in [-0.25, -0.2) is 4.39 Å². The molecule has 0 saturated heterocycles. The van der Waals surface area contributed by atoms with Gasteiger partial charge in [0.2, 0.25) is 11.8 Å². The molecule has 0 aliphatic heterocycles. The normalized spacial score (nSPS) is 11.7. The Morgan fingerprint density at radius 2 is 1.82 bits per heavy atom. The first kappa shape index (κ1) is 22.0. The van der Waals surface area contributed by atoms with Crippen LogP contribution in [0.5, 0.6) is 0 Å². The van der Waals surface area contributed by atoms with Crippen molar-refractivity contribution in [3.63, 3.8) is 0 Å². The Balaban J connectivity index is 2.06. The average Bonchev–Trinajstić information content (AvgIpc) is 2.68. The van der Waals surface area contributed by atoms with Gasteiger partial charge < -0.3 is 10.2 Å². The van der Waals surface area contributed by atoms with Gasteiger partial charge in [-0.2, -0.15) is 0 Å². The number of rotatable bonds is 9. The van der Waals surface area contributed by atoms with Crippen LogP contribution in [0.15, 0.2) is 53.4 Å². The van der Waals surface area contributed by atoms with E-state index < -0.39 is 6.04 Å². The zero-order chi connectivity index (χ0) is 20.5. The molecule has 0 unspecified atom stereocenters. The third-order valence-electron chi connectivity index (χ3n) is 4.42. The minimum Gasteiger partial charge on any atom is -0.355 e. The van der Waals surface area contributed by atoms with E-state index in [2.05, 4.69) is 5.32 Å². The molecule has 0 bridgehead atoms. The summed E-state index contributed by atoms with van der Waals surface area (Å²) in [6.07, 6.45) is 0.275.